The molecule has 24 heavy (non-hydrogen) atoms. The van der Waals surface area contributed by atoms with E-state index in [0.717, 1.165) is 17.1 Å². The zero-order valence-corrected chi connectivity index (χ0v) is 14.4. The lowest BCUT2D eigenvalue weighted by Crippen LogP contribution is -2.24. The van der Waals surface area contributed by atoms with Gasteiger partial charge in [-0.3, -0.25) is 14.9 Å². The number of anilines is 1. The van der Waals surface area contributed by atoms with E-state index in [9.17, 15) is 9.59 Å². The molecule has 0 aromatic carbocycles. The summed E-state index contributed by atoms with van der Waals surface area (Å²) in [5.74, 6) is 0.651. The Morgan fingerprint density at radius 3 is 2.92 bits per heavy atom. The van der Waals surface area contributed by atoms with Gasteiger partial charge in [0.15, 0.2) is 5.78 Å². The fourth-order valence-electron chi connectivity index (χ4n) is 2.75. The molecule has 124 valence electrons. The third-order valence-corrected chi connectivity index (χ3v) is 4.70. The number of nitrogens with one attached hydrogen (secondary N) is 1. The van der Waals surface area contributed by atoms with E-state index in [2.05, 4.69) is 20.3 Å². The maximum atomic E-state index is 12.1. The number of fused-ring (bicyclic) bond motifs is 1. The van der Waals surface area contributed by atoms with Crippen molar-refractivity contribution in [3.63, 3.8) is 0 Å². The summed E-state index contributed by atoms with van der Waals surface area (Å²) in [7, 11) is 0. The summed E-state index contributed by atoms with van der Waals surface area (Å²) in [5.41, 5.74) is 1.98. The van der Waals surface area contributed by atoms with Crippen molar-refractivity contribution in [1.82, 2.24) is 15.0 Å². The topological polar surface area (TPSA) is 84.8 Å². The first-order valence-electron chi connectivity index (χ1n) is 7.77. The molecule has 0 aliphatic heterocycles. The van der Waals surface area contributed by atoms with Crippen LogP contribution in [0, 0.1) is 12.8 Å². The average molecular weight is 342 g/mol. The standard InChI is InChI=1S/C17H18N4O2S/c1-10-7-12-16(13(22)8-10)11(2)19-17(20-12)21-14(23)9-24-15-5-3-4-6-18-15/h3-6,10H,7-9H2,1-2H3,(H,19,20,21,23)/t10-/m0/s1. The minimum Gasteiger partial charge on any atom is -0.294 e. The first-order chi connectivity index (χ1) is 11.5. The van der Waals surface area contributed by atoms with Gasteiger partial charge in [0.1, 0.15) is 0 Å². The number of rotatable bonds is 4. The fourth-order valence-corrected chi connectivity index (χ4v) is 3.41. The van der Waals surface area contributed by atoms with E-state index < -0.39 is 0 Å². The lowest BCUT2D eigenvalue weighted by molar-refractivity contribution is -0.113. The van der Waals surface area contributed by atoms with Crippen LogP contribution in [-0.4, -0.2) is 32.4 Å². The number of aromatic nitrogens is 3. The summed E-state index contributed by atoms with van der Waals surface area (Å²) in [5, 5.41) is 3.50. The van der Waals surface area contributed by atoms with Crippen LogP contribution in [0.2, 0.25) is 0 Å². The first kappa shape index (κ1) is 16.6. The predicted molar refractivity (Wildman–Crippen MR) is 92.2 cm³/mol. The van der Waals surface area contributed by atoms with Crippen molar-refractivity contribution in [3.8, 4) is 0 Å². The summed E-state index contributed by atoms with van der Waals surface area (Å²) < 4.78 is 0. The molecule has 0 bridgehead atoms. The van der Waals surface area contributed by atoms with Gasteiger partial charge in [-0.2, -0.15) is 0 Å². The van der Waals surface area contributed by atoms with Crippen LogP contribution in [0.15, 0.2) is 29.4 Å². The normalized spacial score (nSPS) is 16.6. The number of ketones is 1. The highest BCUT2D eigenvalue weighted by molar-refractivity contribution is 7.99. The Balaban J connectivity index is 1.69. The number of carbonyl (C=O) groups is 2. The zero-order chi connectivity index (χ0) is 17.1. The van der Waals surface area contributed by atoms with E-state index in [0.29, 0.717) is 17.7 Å². The Morgan fingerprint density at radius 2 is 2.17 bits per heavy atom. The number of carbonyl (C=O) groups excluding carboxylic acids is 2. The fraction of sp³-hybridized carbons (Fsp3) is 0.353. The highest BCUT2D eigenvalue weighted by Crippen LogP contribution is 2.26. The van der Waals surface area contributed by atoms with Gasteiger partial charge in [-0.1, -0.05) is 24.8 Å². The Hall–Kier alpha value is -2.28. The van der Waals surface area contributed by atoms with Gasteiger partial charge >= 0.3 is 0 Å². The van der Waals surface area contributed by atoms with Gasteiger partial charge in [-0.15, -0.1) is 0 Å². The molecule has 1 amide bonds. The van der Waals surface area contributed by atoms with Crippen molar-refractivity contribution in [2.24, 2.45) is 5.92 Å². The van der Waals surface area contributed by atoms with Gasteiger partial charge in [-0.05, 0) is 31.4 Å². The van der Waals surface area contributed by atoms with Crippen LogP contribution in [0.4, 0.5) is 5.95 Å². The number of hydrogen-bond donors (Lipinski definition) is 1. The van der Waals surface area contributed by atoms with E-state index in [4.69, 9.17) is 0 Å². The number of pyridine rings is 1. The summed E-state index contributed by atoms with van der Waals surface area (Å²) >= 11 is 1.35. The molecule has 1 atom stereocenters. The summed E-state index contributed by atoms with van der Waals surface area (Å²) in [6.07, 6.45) is 2.95. The molecule has 7 heteroatoms. The molecule has 0 unspecified atom stereocenters. The SMILES string of the molecule is Cc1nc(NC(=O)CSc2ccccn2)nc2c1C(=O)C[C@@H](C)C2. The van der Waals surface area contributed by atoms with Gasteiger partial charge in [-0.25, -0.2) is 15.0 Å². The number of thioether (sulfide) groups is 1. The molecular formula is C17H18N4O2S. The maximum absolute atomic E-state index is 12.1. The summed E-state index contributed by atoms with van der Waals surface area (Å²) in [6, 6.07) is 5.56. The van der Waals surface area contributed by atoms with Crippen molar-refractivity contribution in [3.05, 3.63) is 41.3 Å². The van der Waals surface area contributed by atoms with Crippen LogP contribution < -0.4 is 5.32 Å². The van der Waals surface area contributed by atoms with Crippen LogP contribution in [0.3, 0.4) is 0 Å². The van der Waals surface area contributed by atoms with Gasteiger partial charge in [0.2, 0.25) is 11.9 Å². The van der Waals surface area contributed by atoms with Crippen LogP contribution in [0.25, 0.3) is 0 Å². The van der Waals surface area contributed by atoms with Crippen molar-refractivity contribution < 1.29 is 9.59 Å². The largest absolute Gasteiger partial charge is 0.294 e. The lowest BCUT2D eigenvalue weighted by Gasteiger charge is -2.21. The summed E-state index contributed by atoms with van der Waals surface area (Å²) in [4.78, 5) is 37.0. The Bertz CT molecular complexity index is 780. The van der Waals surface area contributed by atoms with Crippen molar-refractivity contribution in [2.75, 3.05) is 11.1 Å². The predicted octanol–water partition coefficient (Wildman–Crippen LogP) is 2.68. The Morgan fingerprint density at radius 1 is 1.33 bits per heavy atom. The molecule has 1 N–H and O–H groups in total. The highest BCUT2D eigenvalue weighted by Gasteiger charge is 2.26. The van der Waals surface area contributed by atoms with Crippen molar-refractivity contribution in [1.29, 1.82) is 0 Å². The number of nitrogens with zero attached hydrogens (tertiary/aromatic N) is 3. The second-order valence-electron chi connectivity index (χ2n) is 5.90. The molecule has 1 aliphatic rings. The molecule has 3 rings (SSSR count). The van der Waals surface area contributed by atoms with E-state index in [1.807, 2.05) is 25.1 Å². The van der Waals surface area contributed by atoms with Crippen LogP contribution >= 0.6 is 11.8 Å². The van der Waals surface area contributed by atoms with E-state index >= 15 is 0 Å². The molecule has 2 aromatic rings. The third-order valence-electron chi connectivity index (χ3n) is 3.76. The Kier molecular flexibility index (Phi) is 4.89. The van der Waals surface area contributed by atoms with Crippen LogP contribution in [-0.2, 0) is 11.2 Å². The first-order valence-corrected chi connectivity index (χ1v) is 8.76. The molecule has 0 saturated carbocycles. The molecule has 0 radical (unpaired) electrons. The molecule has 6 nitrogen and oxygen atoms in total. The quantitative estimate of drug-likeness (QED) is 0.860. The average Bonchev–Trinajstić information content (AvgIpc) is 2.53. The van der Waals surface area contributed by atoms with Crippen molar-refractivity contribution in [2.45, 2.75) is 31.7 Å². The smallest absolute Gasteiger partial charge is 0.237 e. The molecule has 0 spiro atoms. The minimum atomic E-state index is -0.194. The second-order valence-corrected chi connectivity index (χ2v) is 6.89. The number of amides is 1. The zero-order valence-electron chi connectivity index (χ0n) is 13.6. The molecule has 0 fully saturated rings. The second kappa shape index (κ2) is 7.09. The number of hydrogen-bond acceptors (Lipinski definition) is 6. The van der Waals surface area contributed by atoms with Crippen LogP contribution in [0.1, 0.15) is 35.1 Å². The van der Waals surface area contributed by atoms with Gasteiger partial charge < -0.3 is 0 Å². The minimum absolute atomic E-state index is 0.0878. The van der Waals surface area contributed by atoms with Gasteiger partial charge in [0, 0.05) is 12.6 Å². The molecule has 1 aliphatic carbocycles. The van der Waals surface area contributed by atoms with E-state index in [1.54, 1.807) is 13.1 Å². The Labute approximate surface area is 144 Å². The highest BCUT2D eigenvalue weighted by atomic mass is 32.2. The van der Waals surface area contributed by atoms with E-state index in [1.165, 1.54) is 11.8 Å². The third kappa shape index (κ3) is 3.79. The molecule has 2 heterocycles. The molecular weight excluding hydrogens is 324 g/mol. The number of aryl methyl sites for hydroxylation is 1. The summed E-state index contributed by atoms with van der Waals surface area (Å²) in [6.45, 7) is 3.81. The van der Waals surface area contributed by atoms with Gasteiger partial charge in [0.25, 0.3) is 0 Å². The molecule has 0 saturated heterocycles. The van der Waals surface area contributed by atoms with E-state index in [-0.39, 0.29) is 29.3 Å². The molecule has 2 aromatic heterocycles. The monoisotopic (exact) mass is 342 g/mol. The number of Topliss-reactive ketones (excluding diaryl/α,β-unsaturated/α-hetero) is 1. The maximum Gasteiger partial charge on any atom is 0.237 e. The lowest BCUT2D eigenvalue weighted by atomic mass is 9.86. The van der Waals surface area contributed by atoms with Gasteiger partial charge in [0.05, 0.1) is 27.7 Å². The van der Waals surface area contributed by atoms with Crippen molar-refractivity contribution >= 4 is 29.4 Å². The van der Waals surface area contributed by atoms with Crippen LogP contribution in [0.5, 0.6) is 0 Å².